The Labute approximate surface area is 147 Å². The van der Waals surface area contributed by atoms with E-state index in [1.54, 1.807) is 12.1 Å². The Hall–Kier alpha value is -2.67. The van der Waals surface area contributed by atoms with Crippen LogP contribution in [0.3, 0.4) is 0 Å². The number of hydrogen-bond acceptors (Lipinski definition) is 5. The Morgan fingerprint density at radius 2 is 1.88 bits per heavy atom. The topological polar surface area (TPSA) is 77.2 Å². The first-order valence-corrected chi connectivity index (χ1v) is 8.04. The second-order valence-corrected chi connectivity index (χ2v) is 5.72. The maximum absolute atomic E-state index is 12.1. The summed E-state index contributed by atoms with van der Waals surface area (Å²) < 4.78 is 11.4. The molecule has 1 aromatic heterocycles. The second-order valence-electron chi connectivity index (χ2n) is 4.87. The number of halogens is 1. The molecule has 1 amide bonds. The minimum atomic E-state index is -0.214. The first-order chi connectivity index (χ1) is 11.7. The van der Waals surface area contributed by atoms with Crippen molar-refractivity contribution in [3.8, 4) is 5.75 Å². The van der Waals surface area contributed by atoms with Gasteiger partial charge in [0.25, 0.3) is 11.8 Å². The molecule has 0 atom stereocenters. The van der Waals surface area contributed by atoms with E-state index in [1.165, 1.54) is 0 Å². The zero-order valence-electron chi connectivity index (χ0n) is 12.6. The Morgan fingerprint density at radius 3 is 2.67 bits per heavy atom. The van der Waals surface area contributed by atoms with Crippen molar-refractivity contribution in [1.82, 2.24) is 15.5 Å². The average Bonchev–Trinajstić information content (AvgIpc) is 3.07. The fraction of sp³-hybridized carbons (Fsp3) is 0.118. The molecule has 0 spiro atoms. The molecule has 6 nitrogen and oxygen atoms in total. The summed E-state index contributed by atoms with van der Waals surface area (Å²) in [7, 11) is 0. The van der Waals surface area contributed by atoms with E-state index >= 15 is 0 Å². The van der Waals surface area contributed by atoms with Crippen molar-refractivity contribution in [3.05, 3.63) is 76.3 Å². The third kappa shape index (κ3) is 4.20. The summed E-state index contributed by atoms with van der Waals surface area (Å²) >= 11 is 3.34. The molecule has 0 aliphatic heterocycles. The molecule has 0 aliphatic carbocycles. The molecule has 0 radical (unpaired) electrons. The molecule has 1 N–H and O–H groups in total. The second kappa shape index (κ2) is 7.74. The number of hydrogen-bond donors (Lipinski definition) is 1. The van der Waals surface area contributed by atoms with Gasteiger partial charge in [0.05, 0.1) is 12.1 Å². The standard InChI is InChI=1S/C17H14BrN3O3/c18-14-9-5-4-8-13(14)17(22)19-10-15-20-16(24-21-15)11-23-12-6-2-1-3-7-12/h1-9H,10-11H2,(H,19,22). The lowest BCUT2D eigenvalue weighted by Crippen LogP contribution is -2.23. The number of nitrogens with one attached hydrogen (secondary N) is 1. The van der Waals surface area contributed by atoms with Gasteiger partial charge in [-0.1, -0.05) is 35.5 Å². The average molecular weight is 388 g/mol. The van der Waals surface area contributed by atoms with Crippen molar-refractivity contribution < 1.29 is 14.1 Å². The van der Waals surface area contributed by atoms with Crippen molar-refractivity contribution in [3.63, 3.8) is 0 Å². The summed E-state index contributed by atoms with van der Waals surface area (Å²) in [6.45, 7) is 0.351. The fourth-order valence-corrected chi connectivity index (χ4v) is 2.45. The molecule has 122 valence electrons. The maximum atomic E-state index is 12.1. The van der Waals surface area contributed by atoms with Gasteiger partial charge in [-0.05, 0) is 40.2 Å². The van der Waals surface area contributed by atoms with E-state index in [0.717, 1.165) is 10.2 Å². The first-order valence-electron chi connectivity index (χ1n) is 7.24. The predicted molar refractivity (Wildman–Crippen MR) is 90.4 cm³/mol. The normalized spacial score (nSPS) is 10.4. The van der Waals surface area contributed by atoms with Crippen LogP contribution in [-0.2, 0) is 13.2 Å². The van der Waals surface area contributed by atoms with Gasteiger partial charge >= 0.3 is 0 Å². The van der Waals surface area contributed by atoms with E-state index in [4.69, 9.17) is 9.26 Å². The predicted octanol–water partition coefficient (Wildman–Crippen LogP) is 3.34. The van der Waals surface area contributed by atoms with Crippen molar-refractivity contribution in [2.45, 2.75) is 13.2 Å². The minimum absolute atomic E-state index is 0.176. The number of para-hydroxylation sites is 1. The molecule has 0 saturated carbocycles. The van der Waals surface area contributed by atoms with Gasteiger partial charge in [0.1, 0.15) is 5.75 Å². The van der Waals surface area contributed by atoms with E-state index < -0.39 is 0 Å². The van der Waals surface area contributed by atoms with Crippen LogP contribution >= 0.6 is 15.9 Å². The Kier molecular flexibility index (Phi) is 5.22. The molecule has 0 fully saturated rings. The highest BCUT2D eigenvalue weighted by atomic mass is 79.9. The molecule has 24 heavy (non-hydrogen) atoms. The van der Waals surface area contributed by atoms with Crippen LogP contribution in [0.25, 0.3) is 0 Å². The van der Waals surface area contributed by atoms with Crippen molar-refractivity contribution in [2.24, 2.45) is 0 Å². The van der Waals surface area contributed by atoms with E-state index in [9.17, 15) is 4.79 Å². The zero-order chi connectivity index (χ0) is 16.8. The van der Waals surface area contributed by atoms with Gasteiger partial charge in [0.2, 0.25) is 0 Å². The lowest BCUT2D eigenvalue weighted by molar-refractivity contribution is 0.0949. The monoisotopic (exact) mass is 387 g/mol. The SMILES string of the molecule is O=C(NCc1noc(COc2ccccc2)n1)c1ccccc1Br. The van der Waals surface area contributed by atoms with Crippen molar-refractivity contribution in [2.75, 3.05) is 0 Å². The lowest BCUT2D eigenvalue weighted by atomic mass is 10.2. The lowest BCUT2D eigenvalue weighted by Gasteiger charge is -2.04. The van der Waals surface area contributed by atoms with E-state index in [2.05, 4.69) is 31.4 Å². The third-order valence-corrected chi connectivity index (χ3v) is 3.83. The number of carbonyl (C=O) groups excluding carboxylic acids is 1. The first kappa shape index (κ1) is 16.2. The quantitative estimate of drug-likeness (QED) is 0.701. The van der Waals surface area contributed by atoms with Gasteiger partial charge in [-0.2, -0.15) is 4.98 Å². The number of benzene rings is 2. The number of aromatic nitrogens is 2. The molecule has 7 heteroatoms. The summed E-state index contributed by atoms with van der Waals surface area (Å²) in [5, 5.41) is 6.57. The minimum Gasteiger partial charge on any atom is -0.484 e. The van der Waals surface area contributed by atoms with Crippen LogP contribution < -0.4 is 10.1 Å². The summed E-state index contributed by atoms with van der Waals surface area (Å²) in [6, 6.07) is 16.5. The molecule has 3 rings (SSSR count). The summed E-state index contributed by atoms with van der Waals surface area (Å²) in [4.78, 5) is 16.3. The number of nitrogens with zero attached hydrogens (tertiary/aromatic N) is 2. The summed E-state index contributed by atoms with van der Waals surface area (Å²) in [6.07, 6.45) is 0. The Balaban J connectivity index is 1.53. The van der Waals surface area contributed by atoms with Gasteiger partial charge in [0.15, 0.2) is 12.4 Å². The van der Waals surface area contributed by atoms with Crippen LogP contribution in [0.2, 0.25) is 0 Å². The smallest absolute Gasteiger partial charge is 0.264 e. The Morgan fingerprint density at radius 1 is 1.12 bits per heavy atom. The van der Waals surface area contributed by atoms with Crippen LogP contribution in [0, 0.1) is 0 Å². The molecular weight excluding hydrogens is 374 g/mol. The third-order valence-electron chi connectivity index (χ3n) is 3.14. The van der Waals surface area contributed by atoms with Gasteiger partial charge in [0, 0.05) is 4.47 Å². The van der Waals surface area contributed by atoms with E-state index in [1.807, 2.05) is 42.5 Å². The van der Waals surface area contributed by atoms with Crippen LogP contribution in [0.5, 0.6) is 5.75 Å². The highest BCUT2D eigenvalue weighted by molar-refractivity contribution is 9.10. The summed E-state index contributed by atoms with van der Waals surface area (Å²) in [5.74, 6) is 1.25. The molecule has 0 saturated heterocycles. The van der Waals surface area contributed by atoms with Gasteiger partial charge in [-0.3, -0.25) is 4.79 Å². The van der Waals surface area contributed by atoms with E-state index in [0.29, 0.717) is 17.3 Å². The number of ether oxygens (including phenoxy) is 1. The van der Waals surface area contributed by atoms with Gasteiger partial charge in [-0.15, -0.1) is 0 Å². The molecule has 1 heterocycles. The molecule has 0 unspecified atom stereocenters. The fourth-order valence-electron chi connectivity index (χ4n) is 1.98. The number of carbonyl (C=O) groups is 1. The number of rotatable bonds is 6. The van der Waals surface area contributed by atoms with Crippen molar-refractivity contribution in [1.29, 1.82) is 0 Å². The molecule has 0 aliphatic rings. The van der Waals surface area contributed by atoms with E-state index in [-0.39, 0.29) is 19.1 Å². The van der Waals surface area contributed by atoms with Crippen LogP contribution in [0.15, 0.2) is 63.6 Å². The van der Waals surface area contributed by atoms with Crippen LogP contribution in [0.1, 0.15) is 22.1 Å². The van der Waals surface area contributed by atoms with Crippen LogP contribution in [-0.4, -0.2) is 16.0 Å². The molecule has 0 bridgehead atoms. The molecule has 3 aromatic rings. The summed E-state index contributed by atoms with van der Waals surface area (Å²) in [5.41, 5.74) is 0.550. The zero-order valence-corrected chi connectivity index (χ0v) is 14.2. The van der Waals surface area contributed by atoms with Gasteiger partial charge in [-0.25, -0.2) is 0 Å². The highest BCUT2D eigenvalue weighted by Crippen LogP contribution is 2.15. The Bertz CT molecular complexity index is 821. The largest absolute Gasteiger partial charge is 0.484 e. The highest BCUT2D eigenvalue weighted by Gasteiger charge is 2.11. The van der Waals surface area contributed by atoms with Crippen molar-refractivity contribution >= 4 is 21.8 Å². The van der Waals surface area contributed by atoms with Gasteiger partial charge < -0.3 is 14.6 Å². The number of amides is 1. The van der Waals surface area contributed by atoms with Crippen LogP contribution in [0.4, 0.5) is 0 Å². The maximum Gasteiger partial charge on any atom is 0.264 e. The molecular formula is C17H14BrN3O3. The molecule has 2 aromatic carbocycles.